The van der Waals surface area contributed by atoms with Crippen LogP contribution < -0.4 is 0 Å². The van der Waals surface area contributed by atoms with Crippen LogP contribution in [0.5, 0.6) is 0 Å². The van der Waals surface area contributed by atoms with Crippen molar-refractivity contribution in [1.82, 2.24) is 4.90 Å². The van der Waals surface area contributed by atoms with E-state index in [4.69, 9.17) is 0 Å². The molecule has 0 aromatic heterocycles. The Morgan fingerprint density at radius 2 is 1.33 bits per heavy atom. The van der Waals surface area contributed by atoms with Gasteiger partial charge in [0.15, 0.2) is 0 Å². The van der Waals surface area contributed by atoms with Crippen molar-refractivity contribution < 1.29 is 9.90 Å². The highest BCUT2D eigenvalue weighted by molar-refractivity contribution is 5.79. The first-order chi connectivity index (χ1) is 12.6. The number of aliphatic hydroxyl groups excluding tert-OH is 1. The summed E-state index contributed by atoms with van der Waals surface area (Å²) in [5, 5.41) is 10.7. The molecule has 0 aliphatic carbocycles. The summed E-state index contributed by atoms with van der Waals surface area (Å²) in [6.45, 7) is 10.4. The van der Waals surface area contributed by atoms with Crippen molar-refractivity contribution in [2.75, 3.05) is 7.05 Å². The summed E-state index contributed by atoms with van der Waals surface area (Å²) in [6, 6.07) is 19.5. The van der Waals surface area contributed by atoms with Gasteiger partial charge in [-0.15, -0.1) is 0 Å². The predicted molar refractivity (Wildman–Crippen MR) is 111 cm³/mol. The van der Waals surface area contributed by atoms with Crippen LogP contribution in [-0.4, -0.2) is 29.0 Å². The Bertz CT molecular complexity index is 721. The van der Waals surface area contributed by atoms with E-state index in [1.807, 2.05) is 62.4 Å². The Kier molecular flexibility index (Phi) is 6.83. The molecule has 0 saturated carbocycles. The van der Waals surface area contributed by atoms with Crippen LogP contribution in [0.2, 0.25) is 0 Å². The molecule has 146 valence electrons. The number of hydrogen-bond acceptors (Lipinski definition) is 2. The molecule has 0 radical (unpaired) electrons. The Balaban J connectivity index is 2.23. The number of nitrogens with zero attached hydrogens (tertiary/aromatic N) is 1. The maximum atomic E-state index is 13.3. The van der Waals surface area contributed by atoms with Crippen LogP contribution in [-0.2, 0) is 4.79 Å². The summed E-state index contributed by atoms with van der Waals surface area (Å²) < 4.78 is 0. The first-order valence-electron chi connectivity index (χ1n) is 9.69. The minimum atomic E-state index is -0.711. The van der Waals surface area contributed by atoms with E-state index in [1.54, 1.807) is 11.9 Å². The van der Waals surface area contributed by atoms with Gasteiger partial charge in [-0.05, 0) is 23.5 Å². The van der Waals surface area contributed by atoms with Crippen LogP contribution >= 0.6 is 0 Å². The average Bonchev–Trinajstić information content (AvgIpc) is 2.66. The summed E-state index contributed by atoms with van der Waals surface area (Å²) in [5.74, 6) is -0.0428. The van der Waals surface area contributed by atoms with Gasteiger partial charge in [0.25, 0.3) is 0 Å². The molecule has 0 fully saturated rings. The van der Waals surface area contributed by atoms with Gasteiger partial charge in [-0.1, -0.05) is 88.4 Å². The summed E-state index contributed by atoms with van der Waals surface area (Å²) in [5.41, 5.74) is 1.95. The lowest BCUT2D eigenvalue weighted by molar-refractivity contribution is -0.139. The van der Waals surface area contributed by atoms with Crippen LogP contribution in [0.25, 0.3) is 0 Å². The maximum Gasteiger partial charge on any atom is 0.226 e. The van der Waals surface area contributed by atoms with E-state index < -0.39 is 6.10 Å². The number of carbonyl (C=O) groups excluding carboxylic acids is 1. The van der Waals surface area contributed by atoms with Crippen molar-refractivity contribution in [1.29, 1.82) is 0 Å². The van der Waals surface area contributed by atoms with Gasteiger partial charge in [0.1, 0.15) is 0 Å². The zero-order valence-electron chi connectivity index (χ0n) is 17.4. The molecule has 0 spiro atoms. The van der Waals surface area contributed by atoms with E-state index in [-0.39, 0.29) is 29.2 Å². The number of hydrogen-bond donors (Lipinski definition) is 1. The van der Waals surface area contributed by atoms with Gasteiger partial charge in [0.05, 0.1) is 12.1 Å². The number of benzene rings is 2. The largest absolute Gasteiger partial charge is 0.386 e. The third-order valence-corrected chi connectivity index (χ3v) is 5.54. The maximum absolute atomic E-state index is 13.3. The quantitative estimate of drug-likeness (QED) is 0.777. The Morgan fingerprint density at radius 3 is 1.78 bits per heavy atom. The normalized spacial score (nSPS) is 16.3. The number of rotatable bonds is 6. The van der Waals surface area contributed by atoms with E-state index in [2.05, 4.69) is 32.9 Å². The first-order valence-corrected chi connectivity index (χ1v) is 9.69. The van der Waals surface area contributed by atoms with Gasteiger partial charge in [-0.3, -0.25) is 4.79 Å². The lowest BCUT2D eigenvalue weighted by Crippen LogP contribution is -2.44. The minimum Gasteiger partial charge on any atom is -0.386 e. The second-order valence-corrected chi connectivity index (χ2v) is 8.59. The van der Waals surface area contributed by atoms with Crippen LogP contribution in [0.15, 0.2) is 60.7 Å². The Hall–Kier alpha value is -2.13. The molecule has 0 aliphatic heterocycles. The van der Waals surface area contributed by atoms with Crippen molar-refractivity contribution in [3.63, 3.8) is 0 Å². The molecule has 0 bridgehead atoms. The van der Waals surface area contributed by atoms with Crippen LogP contribution in [0.4, 0.5) is 0 Å². The Labute approximate surface area is 164 Å². The highest BCUT2D eigenvalue weighted by atomic mass is 16.3. The van der Waals surface area contributed by atoms with Gasteiger partial charge in [-0.25, -0.2) is 0 Å². The molecular weight excluding hydrogens is 334 g/mol. The predicted octanol–water partition coefficient (Wildman–Crippen LogP) is 5.03. The smallest absolute Gasteiger partial charge is 0.226 e. The van der Waals surface area contributed by atoms with Crippen molar-refractivity contribution >= 4 is 5.91 Å². The fourth-order valence-corrected chi connectivity index (χ4v) is 4.00. The fraction of sp³-hybridized carbons (Fsp3) is 0.458. The third kappa shape index (κ3) is 4.98. The lowest BCUT2D eigenvalue weighted by Gasteiger charge is -2.39. The summed E-state index contributed by atoms with van der Waals surface area (Å²) in [7, 11) is 1.79. The number of aliphatic hydroxyl groups is 1. The zero-order chi connectivity index (χ0) is 20.2. The molecule has 1 amide bonds. The fourth-order valence-electron chi connectivity index (χ4n) is 4.00. The molecule has 3 nitrogen and oxygen atoms in total. The topological polar surface area (TPSA) is 40.5 Å². The van der Waals surface area contributed by atoms with E-state index in [0.29, 0.717) is 0 Å². The van der Waals surface area contributed by atoms with Crippen molar-refractivity contribution in [3.8, 4) is 0 Å². The van der Waals surface area contributed by atoms with E-state index in [1.165, 1.54) is 5.56 Å². The van der Waals surface area contributed by atoms with E-state index in [0.717, 1.165) is 5.56 Å². The highest BCUT2D eigenvalue weighted by Gasteiger charge is 2.37. The minimum absolute atomic E-state index is 0.0567. The number of amides is 1. The molecule has 3 heteroatoms. The molecule has 1 N–H and O–H groups in total. The molecule has 2 rings (SSSR count). The monoisotopic (exact) mass is 367 g/mol. The molecular formula is C24H33NO2. The second kappa shape index (κ2) is 8.71. The molecule has 27 heavy (non-hydrogen) atoms. The van der Waals surface area contributed by atoms with E-state index in [9.17, 15) is 9.90 Å². The molecule has 0 saturated heterocycles. The average molecular weight is 368 g/mol. The zero-order valence-corrected chi connectivity index (χ0v) is 17.4. The number of carbonyl (C=O) groups is 1. The molecule has 0 unspecified atom stereocenters. The molecule has 4 atom stereocenters. The lowest BCUT2D eigenvalue weighted by atomic mass is 9.69. The number of likely N-dealkylation sites (N-methyl/N-ethyl adjacent to an activating group) is 1. The van der Waals surface area contributed by atoms with Crippen molar-refractivity contribution in [3.05, 3.63) is 71.8 Å². The molecule has 2 aromatic carbocycles. The van der Waals surface area contributed by atoms with Gasteiger partial charge in [0, 0.05) is 18.9 Å². The van der Waals surface area contributed by atoms with Crippen molar-refractivity contribution in [2.24, 2.45) is 11.3 Å². The SMILES string of the molecule is C[C@H](C(=O)N(C)[C@@H](C)[C@@H](O)c1ccccc1)[C@H](c1ccccc1)C(C)(C)C. The van der Waals surface area contributed by atoms with Gasteiger partial charge in [-0.2, -0.15) is 0 Å². The second-order valence-electron chi connectivity index (χ2n) is 8.59. The molecule has 0 aliphatic rings. The van der Waals surface area contributed by atoms with Crippen LogP contribution in [0.1, 0.15) is 57.8 Å². The summed E-state index contributed by atoms with van der Waals surface area (Å²) >= 11 is 0. The summed E-state index contributed by atoms with van der Waals surface area (Å²) in [4.78, 5) is 15.0. The van der Waals surface area contributed by atoms with Crippen LogP contribution in [0, 0.1) is 11.3 Å². The van der Waals surface area contributed by atoms with E-state index >= 15 is 0 Å². The van der Waals surface area contributed by atoms with Gasteiger partial charge >= 0.3 is 0 Å². The van der Waals surface area contributed by atoms with Crippen molar-refractivity contribution in [2.45, 2.75) is 52.7 Å². The van der Waals surface area contributed by atoms with Crippen LogP contribution in [0.3, 0.4) is 0 Å². The van der Waals surface area contributed by atoms with Gasteiger partial charge in [0.2, 0.25) is 5.91 Å². The molecule has 2 aromatic rings. The Morgan fingerprint density at radius 1 is 0.889 bits per heavy atom. The summed E-state index contributed by atoms with van der Waals surface area (Å²) in [6.07, 6.45) is -0.711. The first kappa shape index (κ1) is 21.2. The third-order valence-electron chi connectivity index (χ3n) is 5.54. The highest BCUT2D eigenvalue weighted by Crippen LogP contribution is 2.41. The molecule has 0 heterocycles. The van der Waals surface area contributed by atoms with Gasteiger partial charge < -0.3 is 10.0 Å². The standard InChI is InChI=1S/C24H33NO2/c1-17(21(24(3,4)5)19-13-9-7-10-14-19)23(27)25(6)18(2)22(26)20-15-11-8-12-16-20/h7-18,21-22,26H,1-6H3/t17-,18-,21+,22+/m0/s1.